The van der Waals surface area contributed by atoms with Gasteiger partial charge in [0, 0.05) is 18.8 Å². The summed E-state index contributed by atoms with van der Waals surface area (Å²) in [5.74, 6) is 1.99. The molecule has 0 aliphatic rings. The van der Waals surface area contributed by atoms with Crippen molar-refractivity contribution in [1.29, 1.82) is 0 Å². The molecule has 0 aliphatic heterocycles. The van der Waals surface area contributed by atoms with Crippen molar-refractivity contribution in [2.24, 2.45) is 4.99 Å². The number of hydrogen-bond donors (Lipinski definition) is 2. The second-order valence-corrected chi connectivity index (χ2v) is 5.53. The third kappa shape index (κ3) is 6.01. The Balaban J connectivity index is 2.63. The standard InChI is InChI=1S/C15H25N3S/c1-5-16-15(17-8-9-19-4)18-11-14-7-6-12(2)10-13(14)3/h6-7,10H,5,8-9,11H2,1-4H3,(H2,16,17,18). The first-order valence-electron chi connectivity index (χ1n) is 6.74. The number of thioether (sulfide) groups is 1. The van der Waals surface area contributed by atoms with Crippen LogP contribution < -0.4 is 10.6 Å². The number of nitrogens with one attached hydrogen (secondary N) is 2. The summed E-state index contributed by atoms with van der Waals surface area (Å²) in [6.45, 7) is 8.90. The van der Waals surface area contributed by atoms with E-state index in [4.69, 9.17) is 0 Å². The van der Waals surface area contributed by atoms with Crippen molar-refractivity contribution >= 4 is 17.7 Å². The van der Waals surface area contributed by atoms with E-state index in [2.05, 4.69) is 60.9 Å². The van der Waals surface area contributed by atoms with Gasteiger partial charge in [-0.25, -0.2) is 4.99 Å². The van der Waals surface area contributed by atoms with Crippen LogP contribution in [0.25, 0.3) is 0 Å². The molecule has 0 bridgehead atoms. The first-order chi connectivity index (χ1) is 9.17. The van der Waals surface area contributed by atoms with Gasteiger partial charge in [-0.15, -0.1) is 0 Å². The summed E-state index contributed by atoms with van der Waals surface area (Å²) < 4.78 is 0. The highest BCUT2D eigenvalue weighted by Gasteiger charge is 2.00. The molecule has 0 heterocycles. The maximum Gasteiger partial charge on any atom is 0.191 e. The maximum absolute atomic E-state index is 4.63. The quantitative estimate of drug-likeness (QED) is 0.477. The van der Waals surface area contributed by atoms with Crippen LogP contribution in [-0.4, -0.2) is 31.1 Å². The Bertz CT molecular complexity index is 416. The molecule has 0 atom stereocenters. The highest BCUT2D eigenvalue weighted by atomic mass is 32.2. The van der Waals surface area contributed by atoms with E-state index in [0.29, 0.717) is 0 Å². The van der Waals surface area contributed by atoms with Crippen molar-refractivity contribution in [3.63, 3.8) is 0 Å². The highest BCUT2D eigenvalue weighted by Crippen LogP contribution is 2.11. The molecule has 0 unspecified atom stereocenters. The molecule has 3 nitrogen and oxygen atoms in total. The molecular formula is C15H25N3S. The molecule has 0 aliphatic carbocycles. The molecule has 0 spiro atoms. The smallest absolute Gasteiger partial charge is 0.191 e. The number of hydrogen-bond acceptors (Lipinski definition) is 2. The number of aliphatic imine (C=N–C) groups is 1. The number of guanidine groups is 1. The van der Waals surface area contributed by atoms with Gasteiger partial charge in [0.05, 0.1) is 6.54 Å². The summed E-state index contributed by atoms with van der Waals surface area (Å²) in [7, 11) is 0. The van der Waals surface area contributed by atoms with E-state index in [0.717, 1.165) is 31.3 Å². The van der Waals surface area contributed by atoms with Gasteiger partial charge in [-0.3, -0.25) is 0 Å². The molecule has 0 radical (unpaired) electrons. The minimum atomic E-state index is 0.723. The van der Waals surface area contributed by atoms with Crippen LogP contribution in [0.4, 0.5) is 0 Å². The molecule has 1 aromatic carbocycles. The van der Waals surface area contributed by atoms with Crippen LogP contribution in [-0.2, 0) is 6.54 Å². The second kappa shape index (κ2) is 8.86. The second-order valence-electron chi connectivity index (χ2n) is 4.54. The van der Waals surface area contributed by atoms with Crippen molar-refractivity contribution in [1.82, 2.24) is 10.6 Å². The minimum Gasteiger partial charge on any atom is -0.357 e. The molecule has 0 aromatic heterocycles. The Hall–Kier alpha value is -1.16. The fourth-order valence-corrected chi connectivity index (χ4v) is 2.11. The fourth-order valence-electron chi connectivity index (χ4n) is 1.80. The Kier molecular flexibility index (Phi) is 7.41. The summed E-state index contributed by atoms with van der Waals surface area (Å²) >= 11 is 1.83. The maximum atomic E-state index is 4.63. The van der Waals surface area contributed by atoms with Crippen LogP contribution in [0.2, 0.25) is 0 Å². The van der Waals surface area contributed by atoms with Gasteiger partial charge >= 0.3 is 0 Å². The first-order valence-corrected chi connectivity index (χ1v) is 8.14. The average Bonchev–Trinajstić information content (AvgIpc) is 2.37. The molecule has 0 saturated carbocycles. The van der Waals surface area contributed by atoms with Gasteiger partial charge in [-0.05, 0) is 38.2 Å². The van der Waals surface area contributed by atoms with Gasteiger partial charge in [-0.1, -0.05) is 23.8 Å². The largest absolute Gasteiger partial charge is 0.357 e. The summed E-state index contributed by atoms with van der Waals surface area (Å²) in [4.78, 5) is 4.63. The third-order valence-corrected chi connectivity index (χ3v) is 3.46. The van der Waals surface area contributed by atoms with Gasteiger partial charge in [0.15, 0.2) is 5.96 Å². The van der Waals surface area contributed by atoms with Crippen molar-refractivity contribution in [2.45, 2.75) is 27.3 Å². The lowest BCUT2D eigenvalue weighted by Gasteiger charge is -2.11. The lowest BCUT2D eigenvalue weighted by atomic mass is 10.1. The molecule has 0 fully saturated rings. The summed E-state index contributed by atoms with van der Waals surface area (Å²) in [5.41, 5.74) is 3.90. The van der Waals surface area contributed by atoms with E-state index in [9.17, 15) is 0 Å². The molecule has 1 rings (SSSR count). The van der Waals surface area contributed by atoms with Crippen LogP contribution in [0.5, 0.6) is 0 Å². The van der Waals surface area contributed by atoms with E-state index < -0.39 is 0 Å². The van der Waals surface area contributed by atoms with Crippen LogP contribution in [0.1, 0.15) is 23.6 Å². The third-order valence-electron chi connectivity index (χ3n) is 2.85. The molecule has 106 valence electrons. The molecule has 0 amide bonds. The number of rotatable bonds is 6. The first kappa shape index (κ1) is 15.9. The van der Waals surface area contributed by atoms with Crippen molar-refractivity contribution in [2.75, 3.05) is 25.1 Å². The van der Waals surface area contributed by atoms with Crippen LogP contribution in [0, 0.1) is 13.8 Å². The minimum absolute atomic E-state index is 0.723. The molecule has 2 N–H and O–H groups in total. The topological polar surface area (TPSA) is 36.4 Å². The summed E-state index contributed by atoms with van der Waals surface area (Å²) in [6, 6.07) is 6.52. The zero-order valence-corrected chi connectivity index (χ0v) is 13.2. The van der Waals surface area contributed by atoms with Gasteiger partial charge in [0.25, 0.3) is 0 Å². The Labute approximate surface area is 121 Å². The summed E-state index contributed by atoms with van der Waals surface area (Å²) in [6.07, 6.45) is 2.11. The monoisotopic (exact) mass is 279 g/mol. The van der Waals surface area contributed by atoms with Crippen LogP contribution in [0.3, 0.4) is 0 Å². The lowest BCUT2D eigenvalue weighted by molar-refractivity contribution is 0.842. The lowest BCUT2D eigenvalue weighted by Crippen LogP contribution is -2.38. The van der Waals surface area contributed by atoms with E-state index in [-0.39, 0.29) is 0 Å². The molecule has 19 heavy (non-hydrogen) atoms. The molecule has 4 heteroatoms. The van der Waals surface area contributed by atoms with Crippen LogP contribution >= 0.6 is 11.8 Å². The normalized spacial score (nSPS) is 11.5. The van der Waals surface area contributed by atoms with Crippen molar-refractivity contribution in [3.8, 4) is 0 Å². The zero-order valence-electron chi connectivity index (χ0n) is 12.4. The Morgan fingerprint density at radius 1 is 1.26 bits per heavy atom. The van der Waals surface area contributed by atoms with E-state index in [1.165, 1.54) is 16.7 Å². The van der Waals surface area contributed by atoms with Crippen molar-refractivity contribution in [3.05, 3.63) is 34.9 Å². The predicted molar refractivity (Wildman–Crippen MR) is 87.1 cm³/mol. The number of aryl methyl sites for hydroxylation is 2. The number of nitrogens with zero attached hydrogens (tertiary/aromatic N) is 1. The van der Waals surface area contributed by atoms with Crippen LogP contribution in [0.15, 0.2) is 23.2 Å². The fraction of sp³-hybridized carbons (Fsp3) is 0.533. The Morgan fingerprint density at radius 3 is 2.68 bits per heavy atom. The van der Waals surface area contributed by atoms with E-state index in [1.807, 2.05) is 11.8 Å². The van der Waals surface area contributed by atoms with Gasteiger partial charge in [0.1, 0.15) is 0 Å². The number of benzene rings is 1. The highest BCUT2D eigenvalue weighted by molar-refractivity contribution is 7.98. The van der Waals surface area contributed by atoms with Gasteiger partial charge in [0.2, 0.25) is 0 Å². The SMILES string of the molecule is CCNC(=NCc1ccc(C)cc1C)NCCSC. The van der Waals surface area contributed by atoms with Crippen molar-refractivity contribution < 1.29 is 0 Å². The molecule has 0 saturated heterocycles. The predicted octanol–water partition coefficient (Wildman–Crippen LogP) is 2.72. The average molecular weight is 279 g/mol. The van der Waals surface area contributed by atoms with Gasteiger partial charge < -0.3 is 10.6 Å². The molecular weight excluding hydrogens is 254 g/mol. The Morgan fingerprint density at radius 2 is 2.05 bits per heavy atom. The summed E-state index contributed by atoms with van der Waals surface area (Å²) in [5, 5.41) is 6.61. The van der Waals surface area contributed by atoms with E-state index >= 15 is 0 Å². The van der Waals surface area contributed by atoms with Gasteiger partial charge in [-0.2, -0.15) is 11.8 Å². The molecule has 1 aromatic rings. The zero-order chi connectivity index (χ0) is 14.1. The van der Waals surface area contributed by atoms with E-state index in [1.54, 1.807) is 0 Å².